The topological polar surface area (TPSA) is 318 Å². The first-order valence-electron chi connectivity index (χ1n) is 48.9. The van der Waals surface area contributed by atoms with Crippen molar-refractivity contribution in [2.75, 3.05) is 61.3 Å². The van der Waals surface area contributed by atoms with Crippen molar-refractivity contribution in [3.8, 4) is 40.2 Å². The van der Waals surface area contributed by atoms with Crippen molar-refractivity contribution < 1.29 is 66.6 Å². The fourth-order valence-electron chi connectivity index (χ4n) is 15.2. The molecule has 0 atom stereocenters. The molecule has 144 heavy (non-hydrogen) atoms. The number of nitrogens with one attached hydrogen (secondary N) is 4. The number of hydrogen-bond donors (Lipinski definition) is 4. The Morgan fingerprint density at radius 2 is 0.562 bits per heavy atom. The number of aromatic nitrogens is 4. The van der Waals surface area contributed by atoms with Crippen molar-refractivity contribution in [2.45, 2.75) is 162 Å². The highest BCUT2D eigenvalue weighted by atomic mass is 32.1. The number of ether oxygens (including phenoxy) is 9. The highest BCUT2D eigenvalue weighted by Gasteiger charge is 2.20. The molecule has 0 saturated heterocycles. The van der Waals surface area contributed by atoms with Gasteiger partial charge in [0.1, 0.15) is 40.2 Å². The van der Waals surface area contributed by atoms with E-state index in [-0.39, 0.29) is 0 Å². The van der Waals surface area contributed by atoms with Gasteiger partial charge in [0, 0.05) is 34.4 Å². The lowest BCUT2D eigenvalue weighted by Crippen LogP contribution is -2.10. The maximum Gasteiger partial charge on any atom is 0.343 e. The Balaban J connectivity index is 0.000000233. The SMILES string of the molecule is C=CC(=O)OCCCCCCOc1ccc(C(=O)Oc2ccc(CCCCCCCCc3ccc(OC(=O)c4ccc(OCCCC)cc4)c(/C=N/Nc4nc5ccccc5s4)c3)cc2/C=N/Nc2nc3ccccc3s2)cc1.C=CC(=O)OCCCCCCOc1ccc(C(=O)Oc2ccc(CCc3ccc(OCCCCC)c(/C=N/Nc4nc5ccccc5s4)c3)cc2/C=N/Nc2nc3ccccc3s2)cc1. The van der Waals surface area contributed by atoms with Crippen LogP contribution >= 0.6 is 45.3 Å². The number of hydrazone groups is 4. The predicted octanol–water partition coefficient (Wildman–Crippen LogP) is 27.2. The normalized spacial score (nSPS) is 11.3. The molecule has 0 aliphatic heterocycles. The lowest BCUT2D eigenvalue weighted by molar-refractivity contribution is -0.138. The van der Waals surface area contributed by atoms with Crippen LogP contribution in [-0.4, -0.2) is 114 Å². The minimum absolute atomic E-state index is 0.372. The van der Waals surface area contributed by atoms with Gasteiger partial charge in [0.25, 0.3) is 0 Å². The second-order valence-corrected chi connectivity index (χ2v) is 37.9. The highest BCUT2D eigenvalue weighted by molar-refractivity contribution is 7.23. The number of nitrogens with zero attached hydrogens (tertiary/aromatic N) is 8. The van der Waals surface area contributed by atoms with E-state index < -0.39 is 29.8 Å². The van der Waals surface area contributed by atoms with E-state index in [1.54, 1.807) is 109 Å². The molecule has 15 aromatic rings. The standard InChI is InChI=1S/C63H66N6O8S2.C51H52N6O6S2/c1-3-5-38-73-51-32-28-47(29-33-51)60(71)76-55-36-26-45(41-49(55)43-64-68-62-66-53-22-14-16-24-57(53)78-62)20-12-8-6-7-9-13-21-46-27-37-56(50(42-46)44-65-69-63-67-54-23-15-17-25-58(54)79-63)77-61(72)48-30-34-52(35-31-48)74-39-18-10-11-19-40-75-59(70)4-2;1-3-5-12-30-61-44-27-21-36(32-39(44)34-52-56-50-54-42-15-8-10-17-46(42)64-50)19-20-37-22-28-45(40(33-37)35-53-57-51-55-43-16-9-11-18-47(43)65-51)63-49(59)38-23-25-41(26-24-38)60-29-13-6-7-14-31-62-48(58)4-2/h4,14-17,22-37,41-44H,2-3,5-13,18-21,38-40H2,1H3,(H,66,68)(H,67,69);4,8-11,15-18,21-28,32-35H,2-3,5-7,12-14,19-20,29-31H2,1H3,(H,54,56)(H,55,57)/b64-43+,65-44+;52-34+,53-35+. The summed E-state index contributed by atoms with van der Waals surface area (Å²) in [6.45, 7) is 14.2. The molecule has 0 amide bonds. The second kappa shape index (κ2) is 57.1. The molecular formula is C114H118N12O14S4. The fraction of sp³-hybridized carbons (Fsp3) is 0.272. The van der Waals surface area contributed by atoms with E-state index in [2.05, 4.69) is 101 Å². The van der Waals surface area contributed by atoms with Gasteiger partial charge >= 0.3 is 29.8 Å². The zero-order chi connectivity index (χ0) is 99.9. The van der Waals surface area contributed by atoms with Crippen LogP contribution in [0.15, 0.2) is 288 Å². The summed E-state index contributed by atoms with van der Waals surface area (Å²) in [6, 6.07) is 76.4. The van der Waals surface area contributed by atoms with Crippen molar-refractivity contribution in [2.24, 2.45) is 20.4 Å². The minimum Gasteiger partial charge on any atom is -0.494 e. The molecule has 0 spiro atoms. The van der Waals surface area contributed by atoms with Gasteiger partial charge < -0.3 is 42.6 Å². The third kappa shape index (κ3) is 33.8. The molecule has 0 aliphatic rings. The van der Waals surface area contributed by atoms with Crippen LogP contribution in [0.5, 0.6) is 40.2 Å². The van der Waals surface area contributed by atoms with Crippen LogP contribution in [0.4, 0.5) is 20.5 Å². The molecule has 4 N–H and O–H groups in total. The van der Waals surface area contributed by atoms with E-state index >= 15 is 0 Å². The number of hydrogen-bond acceptors (Lipinski definition) is 30. The van der Waals surface area contributed by atoms with E-state index in [0.717, 1.165) is 227 Å². The maximum atomic E-state index is 13.5. The molecule has 4 heterocycles. The van der Waals surface area contributed by atoms with Crippen molar-refractivity contribution >= 4 is 161 Å². The van der Waals surface area contributed by atoms with Crippen LogP contribution in [0.1, 0.15) is 211 Å². The summed E-state index contributed by atoms with van der Waals surface area (Å²) < 4.78 is 56.0. The molecule has 0 radical (unpaired) electrons. The van der Waals surface area contributed by atoms with Crippen LogP contribution < -0.4 is 54.9 Å². The Bertz CT molecular complexity index is 6720. The van der Waals surface area contributed by atoms with Crippen molar-refractivity contribution in [3.05, 3.63) is 329 Å². The number of carbonyl (C=O) groups is 5. The summed E-state index contributed by atoms with van der Waals surface area (Å²) in [5.74, 6) is 1.75. The number of carbonyl (C=O) groups excluding carboxylic acids is 5. The first-order valence-corrected chi connectivity index (χ1v) is 52.2. The lowest BCUT2D eigenvalue weighted by atomic mass is 10.0. The average molecular weight is 2010 g/mol. The molecule has 0 aliphatic carbocycles. The summed E-state index contributed by atoms with van der Waals surface area (Å²) in [5.41, 5.74) is 24.4. The number of fused-ring (bicyclic) bond motifs is 4. The van der Waals surface area contributed by atoms with Gasteiger partial charge in [-0.15, -0.1) is 0 Å². The van der Waals surface area contributed by atoms with E-state index in [1.165, 1.54) is 46.2 Å². The van der Waals surface area contributed by atoms with Crippen LogP contribution in [0.2, 0.25) is 0 Å². The Hall–Kier alpha value is -15.1. The van der Waals surface area contributed by atoms with E-state index in [4.69, 9.17) is 42.6 Å². The first-order chi connectivity index (χ1) is 70.7. The van der Waals surface area contributed by atoms with Crippen LogP contribution in [0, 0.1) is 0 Å². The monoisotopic (exact) mass is 2010 g/mol. The van der Waals surface area contributed by atoms with Gasteiger partial charge in [-0.1, -0.05) is 190 Å². The summed E-state index contributed by atoms with van der Waals surface area (Å²) >= 11 is 6.09. The number of unbranched alkanes of at least 4 members (excludes halogenated alkanes) is 14. The van der Waals surface area contributed by atoms with E-state index in [9.17, 15) is 24.0 Å². The molecule has 11 aromatic carbocycles. The van der Waals surface area contributed by atoms with Crippen molar-refractivity contribution in [1.29, 1.82) is 0 Å². The van der Waals surface area contributed by atoms with Gasteiger partial charge in [0.05, 0.1) is 122 Å². The van der Waals surface area contributed by atoms with Crippen LogP contribution in [0.25, 0.3) is 40.9 Å². The average Bonchev–Trinajstić information content (AvgIpc) is 1.68. The van der Waals surface area contributed by atoms with Gasteiger partial charge in [0.15, 0.2) is 0 Å². The molecule has 4 aromatic heterocycles. The summed E-state index contributed by atoms with van der Waals surface area (Å²) in [7, 11) is 0. The molecule has 0 fully saturated rings. The van der Waals surface area contributed by atoms with Gasteiger partial charge in [-0.3, -0.25) is 21.7 Å². The van der Waals surface area contributed by atoms with E-state index in [1.807, 2.05) is 158 Å². The zero-order valence-electron chi connectivity index (χ0n) is 80.9. The Kier molecular flexibility index (Phi) is 41.5. The molecule has 30 heteroatoms. The predicted molar refractivity (Wildman–Crippen MR) is 581 cm³/mol. The van der Waals surface area contributed by atoms with Gasteiger partial charge in [0.2, 0.25) is 20.5 Å². The number of para-hydroxylation sites is 4. The Labute approximate surface area is 854 Å². The Morgan fingerprint density at radius 3 is 0.882 bits per heavy atom. The highest BCUT2D eigenvalue weighted by Crippen LogP contribution is 2.34. The molecule has 26 nitrogen and oxygen atoms in total. The maximum absolute atomic E-state index is 13.5. The third-order valence-corrected chi connectivity index (χ3v) is 26.7. The molecule has 0 bridgehead atoms. The minimum atomic E-state index is -0.501. The molecular weight excluding hydrogens is 1890 g/mol. The molecule has 0 saturated carbocycles. The summed E-state index contributed by atoms with van der Waals surface area (Å²) in [6.07, 6.45) is 30.9. The van der Waals surface area contributed by atoms with Crippen LogP contribution in [-0.2, 0) is 44.7 Å². The third-order valence-electron chi connectivity index (χ3n) is 22.9. The van der Waals surface area contributed by atoms with Crippen LogP contribution in [0.3, 0.4) is 0 Å². The smallest absolute Gasteiger partial charge is 0.343 e. The zero-order valence-corrected chi connectivity index (χ0v) is 84.2. The molecule has 742 valence electrons. The number of aryl methyl sites for hydroxylation is 4. The molecule has 15 rings (SSSR count). The number of benzene rings is 11. The van der Waals surface area contributed by atoms with Gasteiger partial charge in [-0.05, 0) is 295 Å². The first kappa shape index (κ1) is 105. The summed E-state index contributed by atoms with van der Waals surface area (Å²) in [5, 5.41) is 20.8. The Morgan fingerprint density at radius 1 is 0.292 bits per heavy atom. The summed E-state index contributed by atoms with van der Waals surface area (Å²) in [4.78, 5) is 81.1. The van der Waals surface area contributed by atoms with E-state index in [0.29, 0.717) is 124 Å². The van der Waals surface area contributed by atoms with Gasteiger partial charge in [-0.25, -0.2) is 43.9 Å². The molecule has 0 unspecified atom stereocenters. The number of anilines is 4. The quantitative estimate of drug-likeness (QED) is 0.00687. The number of thiazole rings is 4. The number of rotatable bonds is 57. The van der Waals surface area contributed by atoms with Gasteiger partial charge in [-0.2, -0.15) is 20.4 Å². The van der Waals surface area contributed by atoms with Crippen molar-refractivity contribution in [3.63, 3.8) is 0 Å². The number of esters is 5. The lowest BCUT2D eigenvalue weighted by Gasteiger charge is -2.12. The second-order valence-electron chi connectivity index (χ2n) is 33.8. The van der Waals surface area contributed by atoms with Crippen molar-refractivity contribution in [1.82, 2.24) is 19.9 Å². The fourth-order valence-corrected chi connectivity index (χ4v) is 18.4. The largest absolute Gasteiger partial charge is 0.494 e.